The van der Waals surface area contributed by atoms with Gasteiger partial charge >= 0.3 is 11.9 Å². The van der Waals surface area contributed by atoms with E-state index >= 15 is 0 Å². The van der Waals surface area contributed by atoms with Crippen LogP contribution in [0.4, 0.5) is 0 Å². The molecule has 0 aliphatic carbocycles. The molecule has 34 heavy (non-hydrogen) atoms. The van der Waals surface area contributed by atoms with Crippen molar-refractivity contribution >= 4 is 29.4 Å². The Hall–Kier alpha value is -3.69. The van der Waals surface area contributed by atoms with Gasteiger partial charge in [0.2, 0.25) is 0 Å². The molecule has 0 saturated heterocycles. The van der Waals surface area contributed by atoms with Crippen LogP contribution in [-0.2, 0) is 22.5 Å². The van der Waals surface area contributed by atoms with E-state index in [0.717, 1.165) is 17.2 Å². The van der Waals surface area contributed by atoms with Crippen LogP contribution in [0.1, 0.15) is 39.0 Å². The van der Waals surface area contributed by atoms with Crippen LogP contribution in [0.2, 0.25) is 5.02 Å². The number of ether oxygens (including phenoxy) is 1. The second-order valence-corrected chi connectivity index (χ2v) is 7.91. The maximum Gasteiger partial charge on any atom is 0.354 e. The Labute approximate surface area is 200 Å². The zero-order chi connectivity index (χ0) is 24.7. The number of carbonyl (C=O) groups excluding carboxylic acids is 2. The summed E-state index contributed by atoms with van der Waals surface area (Å²) in [5.41, 5.74) is 1.16. The smallest absolute Gasteiger partial charge is 0.354 e. The summed E-state index contributed by atoms with van der Waals surface area (Å²) in [6.45, 7) is 1.78. The molecule has 1 aromatic heterocycles. The summed E-state index contributed by atoms with van der Waals surface area (Å²) in [7, 11) is 0. The zero-order valence-electron chi connectivity index (χ0n) is 18.3. The van der Waals surface area contributed by atoms with Gasteiger partial charge in [-0.25, -0.2) is 9.59 Å². The average molecular weight is 486 g/mol. The molecule has 10 heteroatoms. The average Bonchev–Trinajstić information content (AvgIpc) is 3.25. The molecule has 178 valence electrons. The number of aliphatic hydroxyl groups excluding tert-OH is 1. The van der Waals surface area contributed by atoms with Gasteiger partial charge in [-0.15, -0.1) is 0 Å². The monoisotopic (exact) mass is 485 g/mol. The second kappa shape index (κ2) is 11.4. The van der Waals surface area contributed by atoms with Crippen molar-refractivity contribution in [3.63, 3.8) is 0 Å². The van der Waals surface area contributed by atoms with Crippen molar-refractivity contribution < 1.29 is 29.3 Å². The summed E-state index contributed by atoms with van der Waals surface area (Å²) in [6.07, 6.45) is -1.48. The summed E-state index contributed by atoms with van der Waals surface area (Å²) >= 11 is 5.89. The van der Waals surface area contributed by atoms with Crippen LogP contribution >= 0.6 is 11.6 Å². The predicted octanol–water partition coefficient (Wildman–Crippen LogP) is 2.55. The SMILES string of the molecule is CCOC(=O)C(O)C(Cc1ccccc1)NC(=O)c1cc(C(=O)O)n(Cc2ccc(Cl)cc2)n1. The van der Waals surface area contributed by atoms with E-state index in [1.54, 1.807) is 55.5 Å². The highest BCUT2D eigenvalue weighted by Crippen LogP contribution is 2.14. The first-order chi connectivity index (χ1) is 16.3. The lowest BCUT2D eigenvalue weighted by molar-refractivity contribution is -0.154. The zero-order valence-corrected chi connectivity index (χ0v) is 19.1. The number of amides is 1. The standard InChI is InChI=1S/C24H24ClN3O6/c1-2-34-24(33)21(29)18(12-15-6-4-3-5-7-15)26-22(30)19-13-20(23(31)32)28(27-19)14-16-8-10-17(25)11-9-16/h3-11,13,18,21,29H,2,12,14H2,1H3,(H,26,30)(H,31,32). The molecule has 0 saturated carbocycles. The molecule has 2 aromatic carbocycles. The molecule has 0 aliphatic rings. The van der Waals surface area contributed by atoms with Crippen LogP contribution in [-0.4, -0.2) is 56.6 Å². The number of hydrogen-bond donors (Lipinski definition) is 3. The highest BCUT2D eigenvalue weighted by atomic mass is 35.5. The van der Waals surface area contributed by atoms with E-state index in [9.17, 15) is 24.6 Å². The second-order valence-electron chi connectivity index (χ2n) is 7.47. The fourth-order valence-electron chi connectivity index (χ4n) is 3.33. The Morgan fingerprint density at radius 2 is 1.76 bits per heavy atom. The highest BCUT2D eigenvalue weighted by Gasteiger charge is 2.30. The van der Waals surface area contributed by atoms with Crippen molar-refractivity contribution in [1.82, 2.24) is 15.1 Å². The number of nitrogens with one attached hydrogen (secondary N) is 1. The summed E-state index contributed by atoms with van der Waals surface area (Å²) < 4.78 is 6.08. The number of carbonyl (C=O) groups is 3. The van der Waals surface area contributed by atoms with E-state index in [4.69, 9.17) is 16.3 Å². The number of esters is 1. The molecule has 0 bridgehead atoms. The van der Waals surface area contributed by atoms with Gasteiger partial charge in [0.05, 0.1) is 19.2 Å². The van der Waals surface area contributed by atoms with Gasteiger partial charge in [-0.05, 0) is 36.6 Å². The van der Waals surface area contributed by atoms with E-state index in [0.29, 0.717) is 5.02 Å². The Kier molecular flexibility index (Phi) is 8.39. The van der Waals surface area contributed by atoms with E-state index < -0.39 is 30.0 Å². The molecule has 0 radical (unpaired) electrons. The Bertz CT molecular complexity index is 1150. The summed E-state index contributed by atoms with van der Waals surface area (Å²) in [5.74, 6) is -2.86. The molecule has 2 atom stereocenters. The van der Waals surface area contributed by atoms with E-state index in [2.05, 4.69) is 10.4 Å². The molecular weight excluding hydrogens is 462 g/mol. The van der Waals surface area contributed by atoms with Gasteiger partial charge in [-0.1, -0.05) is 54.1 Å². The molecule has 1 amide bonds. The fourth-order valence-corrected chi connectivity index (χ4v) is 3.45. The number of aromatic carboxylic acids is 1. The molecule has 0 fully saturated rings. The van der Waals surface area contributed by atoms with Crippen LogP contribution in [0.3, 0.4) is 0 Å². The third kappa shape index (κ3) is 6.43. The third-order valence-corrected chi connectivity index (χ3v) is 5.25. The fraction of sp³-hybridized carbons (Fsp3) is 0.250. The third-order valence-electron chi connectivity index (χ3n) is 5.00. The molecule has 0 spiro atoms. The minimum Gasteiger partial charge on any atom is -0.477 e. The van der Waals surface area contributed by atoms with Crippen molar-refractivity contribution in [3.05, 3.63) is 88.2 Å². The quantitative estimate of drug-likeness (QED) is 0.376. The van der Waals surface area contributed by atoms with Crippen LogP contribution in [0.5, 0.6) is 0 Å². The topological polar surface area (TPSA) is 131 Å². The van der Waals surface area contributed by atoms with Crippen molar-refractivity contribution in [2.24, 2.45) is 0 Å². The van der Waals surface area contributed by atoms with E-state index in [1.807, 2.05) is 6.07 Å². The van der Waals surface area contributed by atoms with Crippen molar-refractivity contribution in [2.75, 3.05) is 6.61 Å². The van der Waals surface area contributed by atoms with E-state index in [-0.39, 0.29) is 31.0 Å². The van der Waals surface area contributed by atoms with Crippen LogP contribution in [0, 0.1) is 0 Å². The van der Waals surface area contributed by atoms with Gasteiger partial charge in [0.15, 0.2) is 11.8 Å². The van der Waals surface area contributed by atoms with Gasteiger partial charge in [-0.2, -0.15) is 5.10 Å². The van der Waals surface area contributed by atoms with E-state index in [1.165, 1.54) is 4.68 Å². The Morgan fingerprint density at radius 1 is 1.09 bits per heavy atom. The van der Waals surface area contributed by atoms with Crippen molar-refractivity contribution in [2.45, 2.75) is 32.0 Å². The predicted molar refractivity (Wildman–Crippen MR) is 124 cm³/mol. The number of halogens is 1. The first-order valence-electron chi connectivity index (χ1n) is 10.5. The van der Waals surface area contributed by atoms with Crippen molar-refractivity contribution in [3.8, 4) is 0 Å². The van der Waals surface area contributed by atoms with Gasteiger partial charge in [0, 0.05) is 11.1 Å². The van der Waals surface area contributed by atoms with Crippen LogP contribution in [0.25, 0.3) is 0 Å². The normalized spacial score (nSPS) is 12.6. The lowest BCUT2D eigenvalue weighted by Gasteiger charge is -2.22. The largest absolute Gasteiger partial charge is 0.477 e. The van der Waals surface area contributed by atoms with Gasteiger partial charge in [0.1, 0.15) is 5.69 Å². The van der Waals surface area contributed by atoms with Gasteiger partial charge < -0.3 is 20.3 Å². The number of rotatable bonds is 10. The van der Waals surface area contributed by atoms with Crippen LogP contribution in [0.15, 0.2) is 60.7 Å². The Balaban J connectivity index is 1.84. The molecule has 0 aliphatic heterocycles. The summed E-state index contributed by atoms with van der Waals surface area (Å²) in [4.78, 5) is 36.8. The first kappa shape index (κ1) is 24.9. The van der Waals surface area contributed by atoms with Gasteiger partial charge in [-0.3, -0.25) is 9.48 Å². The van der Waals surface area contributed by atoms with Gasteiger partial charge in [0.25, 0.3) is 5.91 Å². The number of hydrogen-bond acceptors (Lipinski definition) is 6. The molecule has 3 rings (SSSR count). The number of nitrogens with zero attached hydrogens (tertiary/aromatic N) is 2. The lowest BCUT2D eigenvalue weighted by Crippen LogP contribution is -2.49. The Morgan fingerprint density at radius 3 is 2.38 bits per heavy atom. The number of aliphatic hydroxyl groups is 1. The summed E-state index contributed by atoms with van der Waals surface area (Å²) in [6, 6.07) is 15.9. The molecule has 9 nitrogen and oxygen atoms in total. The molecule has 3 aromatic rings. The number of carboxylic acids is 1. The number of aromatic nitrogens is 2. The minimum atomic E-state index is -1.63. The molecular formula is C24H24ClN3O6. The minimum absolute atomic E-state index is 0.0684. The highest BCUT2D eigenvalue weighted by molar-refractivity contribution is 6.30. The first-order valence-corrected chi connectivity index (χ1v) is 10.9. The maximum atomic E-state index is 13.0. The van der Waals surface area contributed by atoms with Crippen LogP contribution < -0.4 is 5.32 Å². The maximum absolute atomic E-state index is 13.0. The molecule has 1 heterocycles. The molecule has 3 N–H and O–H groups in total. The van der Waals surface area contributed by atoms with Crippen molar-refractivity contribution in [1.29, 1.82) is 0 Å². The number of carboxylic acid groups (broad SMARTS) is 1. The molecule has 2 unspecified atom stereocenters. The number of benzene rings is 2. The lowest BCUT2D eigenvalue weighted by atomic mass is 10.0. The summed E-state index contributed by atoms with van der Waals surface area (Å²) in [5, 5.41) is 27.3.